The Morgan fingerprint density at radius 1 is 1.07 bits per heavy atom. The van der Waals surface area contributed by atoms with Gasteiger partial charge >= 0.3 is 0 Å². The molecule has 1 fully saturated rings. The van der Waals surface area contributed by atoms with E-state index in [-0.39, 0.29) is 6.04 Å². The van der Waals surface area contributed by atoms with Crippen LogP contribution in [-0.4, -0.2) is 60.9 Å². The maximum absolute atomic E-state index is 13.0. The highest BCUT2D eigenvalue weighted by Crippen LogP contribution is 2.24. The summed E-state index contributed by atoms with van der Waals surface area (Å²) >= 11 is 0. The van der Waals surface area contributed by atoms with Crippen LogP contribution in [0.25, 0.3) is 17.0 Å². The molecule has 28 heavy (non-hydrogen) atoms. The van der Waals surface area contributed by atoms with Gasteiger partial charge in [-0.15, -0.1) is 15.3 Å². The number of hydrogen-bond donors (Lipinski definition) is 0. The van der Waals surface area contributed by atoms with Gasteiger partial charge in [0.15, 0.2) is 17.3 Å². The third kappa shape index (κ3) is 2.79. The first-order chi connectivity index (χ1) is 13.7. The Hall–Kier alpha value is -3.69. The molecule has 1 aliphatic heterocycles. The van der Waals surface area contributed by atoms with Crippen LogP contribution in [0.3, 0.4) is 0 Å². The zero-order chi connectivity index (χ0) is 19.1. The lowest BCUT2D eigenvalue weighted by molar-refractivity contribution is 0.483. The highest BCUT2D eigenvalue weighted by atomic mass is 19.1. The molecule has 0 aliphatic carbocycles. The van der Waals surface area contributed by atoms with E-state index in [2.05, 4.69) is 30.0 Å². The number of rotatable bonds is 4. The van der Waals surface area contributed by atoms with Crippen LogP contribution in [0.5, 0.6) is 0 Å². The molecule has 1 aliphatic rings. The van der Waals surface area contributed by atoms with Gasteiger partial charge in [0, 0.05) is 38.1 Å². The molecule has 5 heterocycles. The summed E-state index contributed by atoms with van der Waals surface area (Å²) in [5.74, 6) is 1.55. The van der Waals surface area contributed by atoms with Crippen LogP contribution in [0, 0.1) is 5.82 Å². The minimum Gasteiger partial charge on any atom is -0.351 e. The smallest absolute Gasteiger partial charge is 0.225 e. The molecular formula is C18H16FN9. The second-order valence-corrected chi connectivity index (χ2v) is 6.60. The first kappa shape index (κ1) is 16.5. The van der Waals surface area contributed by atoms with E-state index in [9.17, 15) is 4.39 Å². The lowest BCUT2D eigenvalue weighted by Gasteiger charge is -2.44. The molecule has 0 spiro atoms. The van der Waals surface area contributed by atoms with Crippen molar-refractivity contribution in [3.05, 3.63) is 54.9 Å². The second-order valence-electron chi connectivity index (χ2n) is 6.60. The first-order valence-electron chi connectivity index (χ1n) is 8.77. The fourth-order valence-electron chi connectivity index (χ4n) is 3.16. The van der Waals surface area contributed by atoms with Crippen molar-refractivity contribution in [3.8, 4) is 11.4 Å². The fourth-order valence-corrected chi connectivity index (χ4v) is 3.16. The largest absolute Gasteiger partial charge is 0.351 e. The molecular weight excluding hydrogens is 361 g/mol. The molecule has 4 aromatic heterocycles. The van der Waals surface area contributed by atoms with Crippen LogP contribution in [0.4, 0.5) is 16.2 Å². The van der Waals surface area contributed by atoms with Crippen LogP contribution >= 0.6 is 0 Å². The average molecular weight is 377 g/mol. The first-order valence-corrected chi connectivity index (χ1v) is 8.77. The van der Waals surface area contributed by atoms with Crippen molar-refractivity contribution >= 4 is 17.4 Å². The zero-order valence-corrected chi connectivity index (χ0v) is 15.0. The van der Waals surface area contributed by atoms with Gasteiger partial charge in [-0.05, 0) is 24.3 Å². The summed E-state index contributed by atoms with van der Waals surface area (Å²) in [4.78, 5) is 16.3. The summed E-state index contributed by atoms with van der Waals surface area (Å²) in [5.41, 5.74) is 1.53. The molecule has 1 saturated heterocycles. The minimum atomic E-state index is -0.441. The van der Waals surface area contributed by atoms with E-state index >= 15 is 0 Å². The van der Waals surface area contributed by atoms with Gasteiger partial charge in [0.25, 0.3) is 0 Å². The third-order valence-electron chi connectivity index (χ3n) is 4.82. The lowest BCUT2D eigenvalue weighted by atomic mass is 10.1. The summed E-state index contributed by atoms with van der Waals surface area (Å²) in [7, 11) is 1.91. The van der Waals surface area contributed by atoms with Crippen molar-refractivity contribution in [2.75, 3.05) is 29.9 Å². The lowest BCUT2D eigenvalue weighted by Crippen LogP contribution is -2.59. The van der Waals surface area contributed by atoms with Gasteiger partial charge in [0.1, 0.15) is 5.82 Å². The molecule has 4 aromatic rings. The van der Waals surface area contributed by atoms with Crippen LogP contribution in [-0.2, 0) is 0 Å². The normalized spacial score (nSPS) is 14.3. The summed E-state index contributed by atoms with van der Waals surface area (Å²) in [6.45, 7) is 1.53. The highest BCUT2D eigenvalue weighted by molar-refractivity contribution is 5.59. The Morgan fingerprint density at radius 2 is 1.89 bits per heavy atom. The molecule has 0 atom stereocenters. The molecule has 9 nitrogen and oxygen atoms in total. The van der Waals surface area contributed by atoms with E-state index in [1.54, 1.807) is 16.9 Å². The summed E-state index contributed by atoms with van der Waals surface area (Å²) < 4.78 is 14.7. The van der Waals surface area contributed by atoms with Crippen molar-refractivity contribution in [2.24, 2.45) is 0 Å². The van der Waals surface area contributed by atoms with Crippen LogP contribution in [0.15, 0.2) is 49.1 Å². The van der Waals surface area contributed by atoms with Crippen LogP contribution in [0.2, 0.25) is 0 Å². The molecule has 0 N–H and O–H groups in total. The molecule has 140 valence electrons. The predicted octanol–water partition coefficient (Wildman–Crippen LogP) is 1.44. The Bertz CT molecular complexity index is 1110. The second kappa shape index (κ2) is 6.48. The summed E-state index contributed by atoms with van der Waals surface area (Å²) in [6, 6.07) is 7.83. The molecule has 0 unspecified atom stereocenters. The monoisotopic (exact) mass is 377 g/mol. The number of nitrogens with zero attached hydrogens (tertiary/aromatic N) is 9. The number of anilines is 2. The van der Waals surface area contributed by atoms with Crippen LogP contribution < -0.4 is 9.80 Å². The number of pyridine rings is 1. The fraction of sp³-hybridized carbons (Fsp3) is 0.222. The minimum absolute atomic E-state index is 0.224. The molecule has 0 saturated carbocycles. The van der Waals surface area contributed by atoms with Gasteiger partial charge in [0.2, 0.25) is 5.95 Å². The van der Waals surface area contributed by atoms with E-state index in [1.807, 2.05) is 36.2 Å². The third-order valence-corrected chi connectivity index (χ3v) is 4.82. The van der Waals surface area contributed by atoms with Gasteiger partial charge in [-0.2, -0.15) is 4.52 Å². The van der Waals surface area contributed by atoms with Crippen molar-refractivity contribution in [3.63, 3.8) is 0 Å². The quantitative estimate of drug-likeness (QED) is 0.528. The van der Waals surface area contributed by atoms with Crippen molar-refractivity contribution < 1.29 is 4.39 Å². The maximum Gasteiger partial charge on any atom is 0.225 e. The molecule has 0 amide bonds. The van der Waals surface area contributed by atoms with E-state index in [4.69, 9.17) is 5.10 Å². The number of aromatic nitrogens is 7. The maximum atomic E-state index is 13.0. The Labute approximate surface area is 159 Å². The molecule has 10 heteroatoms. The summed E-state index contributed by atoms with van der Waals surface area (Å²) in [5, 5.41) is 13.1. The van der Waals surface area contributed by atoms with E-state index in [0.717, 1.165) is 24.5 Å². The number of halogens is 1. The van der Waals surface area contributed by atoms with E-state index in [0.29, 0.717) is 17.4 Å². The van der Waals surface area contributed by atoms with Gasteiger partial charge in [-0.25, -0.2) is 14.4 Å². The van der Waals surface area contributed by atoms with E-state index in [1.165, 1.54) is 12.4 Å². The molecule has 5 rings (SSSR count). The topological polar surface area (TPSA) is 88.2 Å². The van der Waals surface area contributed by atoms with Gasteiger partial charge < -0.3 is 9.80 Å². The zero-order valence-electron chi connectivity index (χ0n) is 15.0. The summed E-state index contributed by atoms with van der Waals surface area (Å²) in [6.07, 6.45) is 5.81. The predicted molar refractivity (Wildman–Crippen MR) is 100 cm³/mol. The van der Waals surface area contributed by atoms with Crippen molar-refractivity contribution in [2.45, 2.75) is 6.04 Å². The SMILES string of the molecule is CN(c1ncc(F)cn1)C1CN(c2ccc3nnc(-c4cccnc4)n3n2)C1. The van der Waals surface area contributed by atoms with Crippen molar-refractivity contribution in [1.29, 1.82) is 0 Å². The Balaban J connectivity index is 1.36. The molecule has 0 bridgehead atoms. The van der Waals surface area contributed by atoms with E-state index < -0.39 is 5.82 Å². The number of likely N-dealkylation sites (N-methyl/N-ethyl adjacent to an activating group) is 1. The Kier molecular flexibility index (Phi) is 3.81. The highest BCUT2D eigenvalue weighted by Gasteiger charge is 2.32. The van der Waals surface area contributed by atoms with Gasteiger partial charge in [-0.1, -0.05) is 0 Å². The number of hydrogen-bond acceptors (Lipinski definition) is 8. The standard InChI is InChI=1S/C18H16FN9/c1-26(18-21-8-13(19)9-22-18)14-10-27(11-14)16-5-4-15-23-24-17(28(15)25-16)12-3-2-6-20-7-12/h2-9,14H,10-11H2,1H3. The van der Waals surface area contributed by atoms with Gasteiger partial charge in [-0.3, -0.25) is 4.98 Å². The Morgan fingerprint density at radius 3 is 2.64 bits per heavy atom. The molecule has 0 radical (unpaired) electrons. The average Bonchev–Trinajstić information content (AvgIpc) is 3.11. The number of fused-ring (bicyclic) bond motifs is 1. The van der Waals surface area contributed by atoms with Gasteiger partial charge in [0.05, 0.1) is 18.4 Å². The molecule has 0 aromatic carbocycles. The van der Waals surface area contributed by atoms with Crippen molar-refractivity contribution in [1.82, 2.24) is 34.8 Å². The van der Waals surface area contributed by atoms with Crippen LogP contribution in [0.1, 0.15) is 0 Å².